The molecular formula is C22H27NO6. The van der Waals surface area contributed by atoms with Crippen molar-refractivity contribution >= 4 is 5.76 Å². The lowest BCUT2D eigenvalue weighted by Crippen LogP contribution is -2.12. The second-order valence-electron chi connectivity index (χ2n) is 6.48. The van der Waals surface area contributed by atoms with E-state index in [4.69, 9.17) is 33.4 Å². The maximum atomic E-state index is 5.61. The predicted octanol–water partition coefficient (Wildman–Crippen LogP) is 3.65. The van der Waals surface area contributed by atoms with Crippen molar-refractivity contribution in [3.05, 3.63) is 40.6 Å². The molecule has 7 nitrogen and oxygen atoms in total. The van der Waals surface area contributed by atoms with Gasteiger partial charge in [0.05, 0.1) is 53.9 Å². The molecule has 0 atom stereocenters. The number of ether oxygens (including phenoxy) is 6. The number of hydrogen-bond donors (Lipinski definition) is 0. The smallest absolute Gasteiger partial charge is 0.257 e. The molecule has 0 unspecified atom stereocenters. The Hall–Kier alpha value is -3.09. The number of hydrogen-bond acceptors (Lipinski definition) is 7. The topological polar surface area (TPSA) is 68.3 Å². The number of fused-ring (bicyclic) bond motifs is 1. The van der Waals surface area contributed by atoms with Gasteiger partial charge in [-0.1, -0.05) is 0 Å². The summed E-state index contributed by atoms with van der Waals surface area (Å²) in [5, 5.41) is 0. The van der Waals surface area contributed by atoms with E-state index in [-0.39, 0.29) is 0 Å². The molecule has 1 aromatic heterocycles. The van der Waals surface area contributed by atoms with Gasteiger partial charge in [-0.15, -0.1) is 0 Å². The van der Waals surface area contributed by atoms with E-state index in [2.05, 4.69) is 6.08 Å². The van der Waals surface area contributed by atoms with Gasteiger partial charge in [0.15, 0.2) is 17.2 Å². The zero-order chi connectivity index (χ0) is 21.0. The maximum absolute atomic E-state index is 5.61. The van der Waals surface area contributed by atoms with E-state index in [1.54, 1.807) is 42.7 Å². The SMILES string of the molecule is COC1=CCCc2c(Cc3cc(OC)c(OC)c(OC)c3)nc(OC)c(OC)c21. The lowest BCUT2D eigenvalue weighted by atomic mass is 9.91. The maximum Gasteiger partial charge on any atom is 0.257 e. The molecule has 0 saturated carbocycles. The Bertz CT molecular complexity index is 897. The fraction of sp³-hybridized carbons (Fsp3) is 0.409. The molecule has 0 fully saturated rings. The van der Waals surface area contributed by atoms with Gasteiger partial charge in [-0.05, 0) is 42.2 Å². The normalized spacial score (nSPS) is 12.6. The summed E-state index contributed by atoms with van der Waals surface area (Å²) >= 11 is 0. The Morgan fingerprint density at radius 2 is 1.45 bits per heavy atom. The Labute approximate surface area is 171 Å². The minimum absolute atomic E-state index is 0.429. The van der Waals surface area contributed by atoms with Gasteiger partial charge in [0.25, 0.3) is 5.88 Å². The van der Waals surface area contributed by atoms with E-state index in [9.17, 15) is 0 Å². The van der Waals surface area contributed by atoms with E-state index in [0.29, 0.717) is 35.3 Å². The quantitative estimate of drug-likeness (QED) is 0.669. The number of rotatable bonds is 8. The van der Waals surface area contributed by atoms with Gasteiger partial charge in [-0.3, -0.25) is 0 Å². The van der Waals surface area contributed by atoms with E-state index >= 15 is 0 Å². The van der Waals surface area contributed by atoms with Crippen LogP contribution in [0.5, 0.6) is 28.9 Å². The summed E-state index contributed by atoms with van der Waals surface area (Å²) in [6.07, 6.45) is 4.34. The molecule has 0 spiro atoms. The zero-order valence-electron chi connectivity index (χ0n) is 17.8. The van der Waals surface area contributed by atoms with E-state index in [1.807, 2.05) is 12.1 Å². The van der Waals surface area contributed by atoms with E-state index in [0.717, 1.165) is 41.0 Å². The first-order valence-corrected chi connectivity index (χ1v) is 9.28. The summed E-state index contributed by atoms with van der Waals surface area (Å²) in [6.45, 7) is 0. The van der Waals surface area contributed by atoms with Crippen LogP contribution in [0.2, 0.25) is 0 Å². The van der Waals surface area contributed by atoms with Crippen molar-refractivity contribution in [1.82, 2.24) is 4.98 Å². The van der Waals surface area contributed by atoms with Crippen LogP contribution in [0.25, 0.3) is 5.76 Å². The van der Waals surface area contributed by atoms with Crippen molar-refractivity contribution in [2.45, 2.75) is 19.3 Å². The van der Waals surface area contributed by atoms with Crippen LogP contribution in [-0.2, 0) is 17.6 Å². The molecule has 1 aliphatic rings. The minimum atomic E-state index is 0.429. The van der Waals surface area contributed by atoms with Crippen LogP contribution in [0.3, 0.4) is 0 Å². The van der Waals surface area contributed by atoms with Gasteiger partial charge in [0.2, 0.25) is 5.75 Å². The first-order chi connectivity index (χ1) is 14.1. The lowest BCUT2D eigenvalue weighted by Gasteiger charge is -2.23. The van der Waals surface area contributed by atoms with E-state index < -0.39 is 0 Å². The number of aromatic nitrogens is 1. The van der Waals surface area contributed by atoms with Gasteiger partial charge >= 0.3 is 0 Å². The molecule has 1 aromatic carbocycles. The molecule has 2 aromatic rings. The highest BCUT2D eigenvalue weighted by molar-refractivity contribution is 5.73. The van der Waals surface area contributed by atoms with Crippen LogP contribution in [0.15, 0.2) is 18.2 Å². The fourth-order valence-electron chi connectivity index (χ4n) is 3.70. The van der Waals surface area contributed by atoms with Crippen molar-refractivity contribution in [2.75, 3.05) is 42.7 Å². The average Bonchev–Trinajstić information content (AvgIpc) is 2.77. The molecule has 0 saturated heterocycles. The highest BCUT2D eigenvalue weighted by Crippen LogP contribution is 2.43. The number of benzene rings is 1. The van der Waals surface area contributed by atoms with Crippen molar-refractivity contribution in [1.29, 1.82) is 0 Å². The average molecular weight is 401 g/mol. The molecule has 0 bridgehead atoms. The first-order valence-electron chi connectivity index (χ1n) is 9.28. The second kappa shape index (κ2) is 8.94. The molecule has 0 radical (unpaired) electrons. The molecule has 156 valence electrons. The van der Waals surface area contributed by atoms with Crippen molar-refractivity contribution < 1.29 is 28.4 Å². The largest absolute Gasteiger partial charge is 0.496 e. The first kappa shape index (κ1) is 20.6. The molecule has 0 aliphatic heterocycles. The highest BCUT2D eigenvalue weighted by Gasteiger charge is 2.27. The summed E-state index contributed by atoms with van der Waals surface area (Å²) in [5.41, 5.74) is 3.87. The van der Waals surface area contributed by atoms with Crippen LogP contribution in [0.1, 0.15) is 28.8 Å². The van der Waals surface area contributed by atoms with Crippen LogP contribution in [0, 0.1) is 0 Å². The summed E-state index contributed by atoms with van der Waals surface area (Å²) in [6, 6.07) is 3.87. The molecule has 0 amide bonds. The molecule has 29 heavy (non-hydrogen) atoms. The molecule has 1 heterocycles. The third-order valence-electron chi connectivity index (χ3n) is 4.99. The van der Waals surface area contributed by atoms with Gasteiger partial charge < -0.3 is 28.4 Å². The highest BCUT2D eigenvalue weighted by atomic mass is 16.5. The number of nitrogens with zero attached hydrogens (tertiary/aromatic N) is 1. The molecule has 0 N–H and O–H groups in total. The number of pyridine rings is 1. The van der Waals surface area contributed by atoms with Crippen LogP contribution in [-0.4, -0.2) is 47.6 Å². The number of allylic oxidation sites excluding steroid dienone is 1. The van der Waals surface area contributed by atoms with Crippen molar-refractivity contribution in [3.63, 3.8) is 0 Å². The Kier molecular flexibility index (Phi) is 6.36. The Morgan fingerprint density at radius 3 is 1.97 bits per heavy atom. The Morgan fingerprint density at radius 1 is 0.793 bits per heavy atom. The van der Waals surface area contributed by atoms with Crippen LogP contribution >= 0.6 is 0 Å². The lowest BCUT2D eigenvalue weighted by molar-refractivity contribution is 0.323. The van der Waals surface area contributed by atoms with Crippen LogP contribution in [0.4, 0.5) is 0 Å². The summed E-state index contributed by atoms with van der Waals surface area (Å²) in [4.78, 5) is 4.75. The molecule has 3 rings (SSSR count). The molecule has 1 aliphatic carbocycles. The summed E-state index contributed by atoms with van der Waals surface area (Å²) in [7, 11) is 9.65. The standard InChI is InChI=1S/C22H27NO6/c1-24-16-9-7-8-14-15(23-22(29-6)21(28-5)19(14)16)10-13-11-17(25-2)20(27-4)18(12-13)26-3/h9,11-12H,7-8,10H2,1-6H3. The third kappa shape index (κ3) is 3.77. The van der Waals surface area contributed by atoms with Crippen LogP contribution < -0.4 is 23.7 Å². The van der Waals surface area contributed by atoms with Gasteiger partial charge in [-0.25, -0.2) is 4.98 Å². The predicted molar refractivity (Wildman–Crippen MR) is 110 cm³/mol. The van der Waals surface area contributed by atoms with Gasteiger partial charge in [-0.2, -0.15) is 0 Å². The fourth-order valence-corrected chi connectivity index (χ4v) is 3.70. The van der Waals surface area contributed by atoms with Gasteiger partial charge in [0, 0.05) is 6.42 Å². The zero-order valence-corrected chi connectivity index (χ0v) is 17.8. The van der Waals surface area contributed by atoms with Gasteiger partial charge in [0.1, 0.15) is 5.76 Å². The van der Waals surface area contributed by atoms with Crippen molar-refractivity contribution in [3.8, 4) is 28.9 Å². The van der Waals surface area contributed by atoms with E-state index in [1.165, 1.54) is 0 Å². The summed E-state index contributed by atoms with van der Waals surface area (Å²) < 4.78 is 33.1. The number of methoxy groups -OCH3 is 6. The monoisotopic (exact) mass is 401 g/mol. The minimum Gasteiger partial charge on any atom is -0.496 e. The molecular weight excluding hydrogens is 374 g/mol. The molecule has 7 heteroatoms. The Balaban J connectivity index is 2.15. The summed E-state index contributed by atoms with van der Waals surface area (Å²) in [5.74, 6) is 3.56. The second-order valence-corrected chi connectivity index (χ2v) is 6.48. The third-order valence-corrected chi connectivity index (χ3v) is 4.99. The van der Waals surface area contributed by atoms with Crippen molar-refractivity contribution in [2.24, 2.45) is 0 Å².